The summed E-state index contributed by atoms with van der Waals surface area (Å²) in [5, 5.41) is 16.1. The number of tetrazole rings is 1. The fourth-order valence-electron chi connectivity index (χ4n) is 2.88. The first kappa shape index (κ1) is 16.7. The third kappa shape index (κ3) is 3.62. The Morgan fingerprint density at radius 3 is 2.70 bits per heavy atom. The van der Waals surface area contributed by atoms with Crippen LogP contribution in [0.3, 0.4) is 0 Å². The van der Waals surface area contributed by atoms with E-state index in [-0.39, 0.29) is 5.91 Å². The SMILES string of the molecule is O=C(NCCOc1cccc2ccccc12)c1ccccc1-n1cnnn1. The molecule has 0 spiro atoms. The maximum atomic E-state index is 12.5. The molecule has 4 aromatic rings. The van der Waals surface area contributed by atoms with Crippen LogP contribution in [0.1, 0.15) is 10.4 Å². The summed E-state index contributed by atoms with van der Waals surface area (Å²) in [6, 6.07) is 21.1. The Bertz CT molecular complexity index is 1060. The van der Waals surface area contributed by atoms with E-state index in [1.54, 1.807) is 18.2 Å². The predicted molar refractivity (Wildman–Crippen MR) is 101 cm³/mol. The van der Waals surface area contributed by atoms with Gasteiger partial charge in [-0.05, 0) is 34.0 Å². The van der Waals surface area contributed by atoms with Crippen molar-refractivity contribution >= 4 is 16.7 Å². The standard InChI is InChI=1S/C20H17N5O2/c26-20(17-9-3-4-10-18(17)25-14-22-23-24-25)21-12-13-27-19-11-5-7-15-6-1-2-8-16(15)19/h1-11,14H,12-13H2,(H,21,26). The van der Waals surface area contributed by atoms with Gasteiger partial charge in [-0.2, -0.15) is 4.68 Å². The lowest BCUT2D eigenvalue weighted by Crippen LogP contribution is -2.29. The third-order valence-electron chi connectivity index (χ3n) is 4.14. The van der Waals surface area contributed by atoms with Crippen molar-refractivity contribution in [2.75, 3.05) is 13.2 Å². The molecule has 27 heavy (non-hydrogen) atoms. The summed E-state index contributed by atoms with van der Waals surface area (Å²) in [5.74, 6) is 0.596. The first-order chi connectivity index (χ1) is 13.3. The molecule has 0 aliphatic carbocycles. The zero-order chi connectivity index (χ0) is 18.5. The van der Waals surface area contributed by atoms with Gasteiger partial charge in [0.05, 0.1) is 17.8 Å². The number of rotatable bonds is 6. The maximum Gasteiger partial charge on any atom is 0.253 e. The molecule has 0 saturated heterocycles. The van der Waals surface area contributed by atoms with Crippen molar-refractivity contribution in [3.05, 3.63) is 78.6 Å². The molecule has 0 radical (unpaired) electrons. The van der Waals surface area contributed by atoms with E-state index in [1.807, 2.05) is 48.5 Å². The highest BCUT2D eigenvalue weighted by atomic mass is 16.5. The van der Waals surface area contributed by atoms with Crippen LogP contribution in [0.2, 0.25) is 0 Å². The van der Waals surface area contributed by atoms with Crippen LogP contribution in [0.15, 0.2) is 73.1 Å². The second-order valence-corrected chi connectivity index (χ2v) is 5.85. The second kappa shape index (κ2) is 7.65. The molecule has 0 bridgehead atoms. The molecule has 0 aliphatic heterocycles. The van der Waals surface area contributed by atoms with Gasteiger partial charge in [0.25, 0.3) is 5.91 Å². The monoisotopic (exact) mass is 359 g/mol. The Morgan fingerprint density at radius 1 is 1.00 bits per heavy atom. The van der Waals surface area contributed by atoms with Crippen LogP contribution >= 0.6 is 0 Å². The first-order valence-corrected chi connectivity index (χ1v) is 8.54. The van der Waals surface area contributed by atoms with E-state index in [0.717, 1.165) is 16.5 Å². The van der Waals surface area contributed by atoms with Crippen LogP contribution in [0.5, 0.6) is 5.75 Å². The lowest BCUT2D eigenvalue weighted by atomic mass is 10.1. The van der Waals surface area contributed by atoms with Gasteiger partial charge in [0.15, 0.2) is 0 Å². The topological polar surface area (TPSA) is 81.9 Å². The molecule has 0 atom stereocenters. The number of aromatic nitrogens is 4. The summed E-state index contributed by atoms with van der Waals surface area (Å²) in [5.41, 5.74) is 1.12. The minimum Gasteiger partial charge on any atom is -0.491 e. The van der Waals surface area contributed by atoms with Crippen LogP contribution < -0.4 is 10.1 Å². The molecule has 0 unspecified atom stereocenters. The van der Waals surface area contributed by atoms with Crippen LogP contribution in [-0.4, -0.2) is 39.3 Å². The summed E-state index contributed by atoms with van der Waals surface area (Å²) in [7, 11) is 0. The normalized spacial score (nSPS) is 10.7. The van der Waals surface area contributed by atoms with Gasteiger partial charge in [-0.15, -0.1) is 5.10 Å². The third-order valence-corrected chi connectivity index (χ3v) is 4.14. The molecule has 1 heterocycles. The van der Waals surface area contributed by atoms with Crippen LogP contribution in [-0.2, 0) is 0 Å². The van der Waals surface area contributed by atoms with E-state index >= 15 is 0 Å². The first-order valence-electron chi connectivity index (χ1n) is 8.54. The number of ether oxygens (including phenoxy) is 1. The molecule has 1 aromatic heterocycles. The molecule has 7 heteroatoms. The average Bonchev–Trinajstić information content (AvgIpc) is 3.26. The highest BCUT2D eigenvalue weighted by molar-refractivity contribution is 5.97. The summed E-state index contributed by atoms with van der Waals surface area (Å²) in [6.07, 6.45) is 1.45. The predicted octanol–water partition coefficient (Wildman–Crippen LogP) is 2.62. The average molecular weight is 359 g/mol. The van der Waals surface area contributed by atoms with Gasteiger partial charge < -0.3 is 10.1 Å². The molecule has 4 rings (SSSR count). The van der Waals surface area contributed by atoms with E-state index in [0.29, 0.717) is 24.4 Å². The molecule has 0 saturated carbocycles. The van der Waals surface area contributed by atoms with Crippen molar-refractivity contribution in [1.82, 2.24) is 25.5 Å². The Labute approximate surface area is 155 Å². The molecular weight excluding hydrogens is 342 g/mol. The second-order valence-electron chi connectivity index (χ2n) is 5.85. The number of benzene rings is 3. The Balaban J connectivity index is 1.39. The van der Waals surface area contributed by atoms with Gasteiger partial charge >= 0.3 is 0 Å². The number of carbonyl (C=O) groups is 1. The highest BCUT2D eigenvalue weighted by Crippen LogP contribution is 2.24. The number of fused-ring (bicyclic) bond motifs is 1. The lowest BCUT2D eigenvalue weighted by molar-refractivity contribution is 0.0947. The van der Waals surface area contributed by atoms with E-state index in [2.05, 4.69) is 20.8 Å². The quantitative estimate of drug-likeness (QED) is 0.535. The maximum absolute atomic E-state index is 12.5. The van der Waals surface area contributed by atoms with Crippen LogP contribution in [0.25, 0.3) is 16.5 Å². The number of carbonyl (C=O) groups excluding carboxylic acids is 1. The van der Waals surface area contributed by atoms with Crippen molar-refractivity contribution in [2.45, 2.75) is 0 Å². The molecule has 7 nitrogen and oxygen atoms in total. The van der Waals surface area contributed by atoms with Gasteiger partial charge in [-0.1, -0.05) is 48.5 Å². The summed E-state index contributed by atoms with van der Waals surface area (Å²) < 4.78 is 7.32. The number of nitrogens with zero attached hydrogens (tertiary/aromatic N) is 4. The fourth-order valence-corrected chi connectivity index (χ4v) is 2.88. The van der Waals surface area contributed by atoms with Gasteiger partial charge in [-0.25, -0.2) is 0 Å². The Kier molecular flexibility index (Phi) is 4.74. The zero-order valence-electron chi connectivity index (χ0n) is 14.4. The summed E-state index contributed by atoms with van der Waals surface area (Å²) >= 11 is 0. The molecule has 0 fully saturated rings. The van der Waals surface area contributed by atoms with Crippen molar-refractivity contribution in [3.8, 4) is 11.4 Å². The van der Waals surface area contributed by atoms with E-state index in [9.17, 15) is 4.79 Å². The zero-order valence-corrected chi connectivity index (χ0v) is 14.4. The molecule has 0 aliphatic rings. The summed E-state index contributed by atoms with van der Waals surface area (Å²) in [6.45, 7) is 0.749. The number of hydrogen-bond acceptors (Lipinski definition) is 5. The Hall–Kier alpha value is -3.74. The largest absolute Gasteiger partial charge is 0.491 e. The van der Waals surface area contributed by atoms with Crippen LogP contribution in [0, 0.1) is 0 Å². The fraction of sp³-hybridized carbons (Fsp3) is 0.100. The van der Waals surface area contributed by atoms with Gasteiger partial charge in [-0.3, -0.25) is 4.79 Å². The van der Waals surface area contributed by atoms with Crippen molar-refractivity contribution in [3.63, 3.8) is 0 Å². The minimum absolute atomic E-state index is 0.206. The van der Waals surface area contributed by atoms with E-state index < -0.39 is 0 Å². The number of para-hydroxylation sites is 1. The number of nitrogens with one attached hydrogen (secondary N) is 1. The summed E-state index contributed by atoms with van der Waals surface area (Å²) in [4.78, 5) is 12.5. The molecule has 134 valence electrons. The van der Waals surface area contributed by atoms with Crippen molar-refractivity contribution in [1.29, 1.82) is 0 Å². The van der Waals surface area contributed by atoms with Crippen LogP contribution in [0.4, 0.5) is 0 Å². The Morgan fingerprint density at radius 2 is 1.81 bits per heavy atom. The number of hydrogen-bond donors (Lipinski definition) is 1. The van der Waals surface area contributed by atoms with E-state index in [1.165, 1.54) is 11.0 Å². The smallest absolute Gasteiger partial charge is 0.253 e. The molecule has 1 amide bonds. The van der Waals surface area contributed by atoms with Gasteiger partial charge in [0.2, 0.25) is 0 Å². The molecule has 1 N–H and O–H groups in total. The van der Waals surface area contributed by atoms with E-state index in [4.69, 9.17) is 4.74 Å². The molecule has 3 aromatic carbocycles. The minimum atomic E-state index is -0.206. The lowest BCUT2D eigenvalue weighted by Gasteiger charge is -2.11. The van der Waals surface area contributed by atoms with Gasteiger partial charge in [0.1, 0.15) is 18.7 Å². The number of amides is 1. The van der Waals surface area contributed by atoms with Crippen molar-refractivity contribution < 1.29 is 9.53 Å². The molecular formula is C20H17N5O2. The highest BCUT2D eigenvalue weighted by Gasteiger charge is 2.12. The van der Waals surface area contributed by atoms with Gasteiger partial charge in [0, 0.05) is 5.39 Å². The van der Waals surface area contributed by atoms with Crippen molar-refractivity contribution in [2.24, 2.45) is 0 Å².